The van der Waals surface area contributed by atoms with E-state index in [-0.39, 0.29) is 36.9 Å². The molecule has 2 amide bonds. The van der Waals surface area contributed by atoms with E-state index in [1.807, 2.05) is 0 Å². The predicted molar refractivity (Wildman–Crippen MR) is 120 cm³/mol. The third kappa shape index (κ3) is 5.24. The molecule has 1 heterocycles. The van der Waals surface area contributed by atoms with Crippen molar-refractivity contribution in [3.8, 4) is 11.5 Å². The quantitative estimate of drug-likeness (QED) is 0.487. The number of hydrogen-bond acceptors (Lipinski definition) is 8. The van der Waals surface area contributed by atoms with Crippen LogP contribution in [0.1, 0.15) is 10.4 Å². The molecular weight excluding hydrogens is 430 g/mol. The molecular formula is C23H25N3O7. The van der Waals surface area contributed by atoms with E-state index < -0.39 is 11.9 Å². The fourth-order valence-corrected chi connectivity index (χ4v) is 3.35. The molecule has 10 heteroatoms. The van der Waals surface area contributed by atoms with Crippen LogP contribution in [-0.2, 0) is 14.3 Å². The summed E-state index contributed by atoms with van der Waals surface area (Å²) in [4.78, 5) is 38.9. The van der Waals surface area contributed by atoms with Gasteiger partial charge in [-0.15, -0.1) is 0 Å². The van der Waals surface area contributed by atoms with Crippen molar-refractivity contribution in [1.82, 2.24) is 4.90 Å². The molecule has 3 rings (SSSR count). The lowest BCUT2D eigenvalue weighted by molar-refractivity contribution is -0.136. The second-order valence-corrected chi connectivity index (χ2v) is 7.03. The van der Waals surface area contributed by atoms with Crippen molar-refractivity contribution in [2.24, 2.45) is 0 Å². The fraction of sp³-hybridized carbons (Fsp3) is 0.261. The SMILES string of the molecule is COC(=O)C1=C(Nc2cccc(C(=O)Nc3ccc(OC)c(OC)c3)c2)C(=O)N(CCO)C1. The molecule has 1 aliphatic rings. The van der Waals surface area contributed by atoms with E-state index in [4.69, 9.17) is 14.2 Å². The van der Waals surface area contributed by atoms with Gasteiger partial charge in [-0.1, -0.05) is 6.07 Å². The molecule has 0 atom stereocenters. The van der Waals surface area contributed by atoms with E-state index >= 15 is 0 Å². The Morgan fingerprint density at radius 2 is 1.79 bits per heavy atom. The molecule has 0 bridgehead atoms. The summed E-state index contributed by atoms with van der Waals surface area (Å²) in [7, 11) is 4.25. The van der Waals surface area contributed by atoms with Gasteiger partial charge in [0.25, 0.3) is 11.8 Å². The first-order valence-electron chi connectivity index (χ1n) is 10.0. The Balaban J connectivity index is 1.81. The molecule has 0 aliphatic carbocycles. The van der Waals surface area contributed by atoms with Crippen molar-refractivity contribution in [2.75, 3.05) is 51.7 Å². The summed E-state index contributed by atoms with van der Waals surface area (Å²) in [5.74, 6) is -0.459. The molecule has 0 saturated heterocycles. The highest BCUT2D eigenvalue weighted by Crippen LogP contribution is 2.30. The van der Waals surface area contributed by atoms with E-state index in [0.717, 1.165) is 0 Å². The Morgan fingerprint density at radius 1 is 1.03 bits per heavy atom. The van der Waals surface area contributed by atoms with Crippen molar-refractivity contribution in [2.45, 2.75) is 0 Å². The van der Waals surface area contributed by atoms with E-state index in [0.29, 0.717) is 28.4 Å². The number of aliphatic hydroxyl groups excluding tert-OH is 1. The third-order valence-electron chi connectivity index (χ3n) is 4.99. The number of ether oxygens (including phenoxy) is 3. The molecule has 1 aliphatic heterocycles. The zero-order valence-corrected chi connectivity index (χ0v) is 18.5. The van der Waals surface area contributed by atoms with Gasteiger partial charge in [0.1, 0.15) is 5.70 Å². The van der Waals surface area contributed by atoms with Crippen molar-refractivity contribution >= 4 is 29.2 Å². The predicted octanol–water partition coefficient (Wildman–Crippen LogP) is 1.63. The highest BCUT2D eigenvalue weighted by atomic mass is 16.5. The molecule has 0 unspecified atom stereocenters. The van der Waals surface area contributed by atoms with Crippen LogP contribution in [0.2, 0.25) is 0 Å². The number of hydrogen-bond donors (Lipinski definition) is 3. The average molecular weight is 455 g/mol. The summed E-state index contributed by atoms with van der Waals surface area (Å²) in [6.07, 6.45) is 0. The molecule has 10 nitrogen and oxygen atoms in total. The first kappa shape index (κ1) is 23.6. The Labute approximate surface area is 190 Å². The Hall–Kier alpha value is -4.05. The van der Waals surface area contributed by atoms with Crippen molar-refractivity contribution in [3.63, 3.8) is 0 Å². The minimum atomic E-state index is -0.645. The fourth-order valence-electron chi connectivity index (χ4n) is 3.35. The van der Waals surface area contributed by atoms with E-state index in [9.17, 15) is 19.5 Å². The molecule has 0 aromatic heterocycles. The van der Waals surface area contributed by atoms with Gasteiger partial charge in [0.05, 0.1) is 40.1 Å². The number of nitrogens with zero attached hydrogens (tertiary/aromatic N) is 1. The van der Waals surface area contributed by atoms with Crippen LogP contribution in [0.25, 0.3) is 0 Å². The molecule has 0 radical (unpaired) electrons. The van der Waals surface area contributed by atoms with Crippen LogP contribution in [0.3, 0.4) is 0 Å². The molecule has 0 fully saturated rings. The molecule has 174 valence electrons. The van der Waals surface area contributed by atoms with E-state index in [2.05, 4.69) is 10.6 Å². The number of benzene rings is 2. The van der Waals surface area contributed by atoms with Gasteiger partial charge in [0, 0.05) is 29.5 Å². The van der Waals surface area contributed by atoms with E-state index in [1.165, 1.54) is 26.2 Å². The lowest BCUT2D eigenvalue weighted by Crippen LogP contribution is -2.31. The smallest absolute Gasteiger partial charge is 0.337 e. The highest BCUT2D eigenvalue weighted by molar-refractivity contribution is 6.09. The van der Waals surface area contributed by atoms with Gasteiger partial charge < -0.3 is 34.9 Å². The van der Waals surface area contributed by atoms with Crippen LogP contribution in [0.15, 0.2) is 53.7 Å². The zero-order chi connectivity index (χ0) is 24.0. The number of nitrogens with one attached hydrogen (secondary N) is 2. The van der Waals surface area contributed by atoms with Gasteiger partial charge >= 0.3 is 5.97 Å². The summed E-state index contributed by atoms with van der Waals surface area (Å²) in [6, 6.07) is 11.5. The first-order valence-corrected chi connectivity index (χ1v) is 10.0. The summed E-state index contributed by atoms with van der Waals surface area (Å²) >= 11 is 0. The van der Waals surface area contributed by atoms with Crippen molar-refractivity contribution in [1.29, 1.82) is 0 Å². The van der Waals surface area contributed by atoms with Crippen molar-refractivity contribution < 1.29 is 33.7 Å². The normalized spacial score (nSPS) is 13.1. The van der Waals surface area contributed by atoms with Crippen LogP contribution in [0.5, 0.6) is 11.5 Å². The Morgan fingerprint density at radius 3 is 2.45 bits per heavy atom. The largest absolute Gasteiger partial charge is 0.493 e. The van der Waals surface area contributed by atoms with Gasteiger partial charge in [-0.2, -0.15) is 0 Å². The minimum absolute atomic E-state index is 0.0217. The number of esters is 1. The van der Waals surface area contributed by atoms with Gasteiger partial charge in [0.15, 0.2) is 11.5 Å². The number of β-amino-alcohol motifs (C(OH)–C–C–N with tert-alkyl or cyclic N) is 1. The minimum Gasteiger partial charge on any atom is -0.493 e. The lowest BCUT2D eigenvalue weighted by Gasteiger charge is -2.15. The van der Waals surface area contributed by atoms with Crippen molar-refractivity contribution in [3.05, 3.63) is 59.3 Å². The first-order chi connectivity index (χ1) is 15.9. The topological polar surface area (TPSA) is 126 Å². The highest BCUT2D eigenvalue weighted by Gasteiger charge is 2.34. The standard InChI is InChI=1S/C23H25N3O7/c1-31-18-8-7-16(12-19(18)32-2)25-21(28)14-5-4-6-15(11-14)24-20-17(23(30)33-3)13-26(9-10-27)22(20)29/h4-8,11-12,24,27H,9-10,13H2,1-3H3,(H,25,28). The number of rotatable bonds is 9. The maximum absolute atomic E-state index is 12.8. The van der Waals surface area contributed by atoms with Crippen LogP contribution in [0.4, 0.5) is 11.4 Å². The van der Waals surface area contributed by atoms with Gasteiger partial charge in [-0.05, 0) is 30.3 Å². The van der Waals surface area contributed by atoms with Gasteiger partial charge in [-0.25, -0.2) is 4.79 Å². The molecule has 3 N–H and O–H groups in total. The lowest BCUT2D eigenvalue weighted by atomic mass is 10.1. The van der Waals surface area contributed by atoms with Crippen LogP contribution >= 0.6 is 0 Å². The average Bonchev–Trinajstić information content (AvgIpc) is 3.13. The number of methoxy groups -OCH3 is 3. The Bertz CT molecular complexity index is 1100. The van der Waals surface area contributed by atoms with Crippen LogP contribution < -0.4 is 20.1 Å². The second kappa shape index (κ2) is 10.5. The molecule has 2 aromatic carbocycles. The third-order valence-corrected chi connectivity index (χ3v) is 4.99. The number of carbonyl (C=O) groups is 3. The summed E-state index contributed by atoms with van der Waals surface area (Å²) in [5, 5.41) is 14.9. The molecule has 2 aromatic rings. The van der Waals surface area contributed by atoms with Crippen LogP contribution in [0, 0.1) is 0 Å². The number of aliphatic hydroxyl groups is 1. The summed E-state index contributed by atoms with van der Waals surface area (Å²) in [6.45, 7) is -0.134. The van der Waals surface area contributed by atoms with Gasteiger partial charge in [0.2, 0.25) is 0 Å². The number of carbonyl (C=O) groups excluding carboxylic acids is 3. The zero-order valence-electron chi connectivity index (χ0n) is 18.5. The number of anilines is 2. The maximum atomic E-state index is 12.8. The summed E-state index contributed by atoms with van der Waals surface area (Å²) < 4.78 is 15.2. The Kier molecular flexibility index (Phi) is 7.52. The monoisotopic (exact) mass is 455 g/mol. The van der Waals surface area contributed by atoms with Crippen LogP contribution in [-0.4, -0.2) is 68.8 Å². The molecule has 33 heavy (non-hydrogen) atoms. The van der Waals surface area contributed by atoms with Gasteiger partial charge in [-0.3, -0.25) is 9.59 Å². The molecule has 0 spiro atoms. The number of amides is 2. The molecule has 0 saturated carbocycles. The van der Waals surface area contributed by atoms with E-state index in [1.54, 1.807) is 42.5 Å². The second-order valence-electron chi connectivity index (χ2n) is 7.03. The maximum Gasteiger partial charge on any atom is 0.337 e. The summed E-state index contributed by atoms with van der Waals surface area (Å²) in [5.41, 5.74) is 1.47.